The molecule has 0 saturated heterocycles. The van der Waals surface area contributed by atoms with E-state index in [-0.39, 0.29) is 6.42 Å². The Labute approximate surface area is 183 Å². The van der Waals surface area contributed by atoms with E-state index in [1.807, 2.05) is 18.2 Å². The molecule has 0 spiro atoms. The van der Waals surface area contributed by atoms with Crippen LogP contribution in [0.5, 0.6) is 5.75 Å². The van der Waals surface area contributed by atoms with Gasteiger partial charge in [-0.25, -0.2) is 15.0 Å². The number of nitrogens with zero attached hydrogens (tertiary/aromatic N) is 4. The molecule has 3 heterocycles. The van der Waals surface area contributed by atoms with Crippen molar-refractivity contribution in [3.63, 3.8) is 0 Å². The van der Waals surface area contributed by atoms with Crippen molar-refractivity contribution in [3.05, 3.63) is 48.9 Å². The van der Waals surface area contributed by atoms with Gasteiger partial charge in [0.1, 0.15) is 47.2 Å². The Hall–Kier alpha value is -3.47. The highest BCUT2D eigenvalue weighted by Crippen LogP contribution is 2.42. The first-order valence-corrected chi connectivity index (χ1v) is 10.2. The number of fused-ring (bicyclic) bond motifs is 2. The van der Waals surface area contributed by atoms with E-state index in [9.17, 15) is 10.2 Å². The van der Waals surface area contributed by atoms with Crippen LogP contribution in [-0.4, -0.2) is 54.7 Å². The van der Waals surface area contributed by atoms with E-state index in [0.717, 1.165) is 5.39 Å². The zero-order valence-corrected chi connectivity index (χ0v) is 17.4. The number of nitrogen functional groups attached to an aromatic ring is 2. The van der Waals surface area contributed by atoms with Crippen molar-refractivity contribution in [2.45, 2.75) is 36.9 Å². The fourth-order valence-corrected chi connectivity index (χ4v) is 4.53. The largest absolute Gasteiger partial charge is 0.488 e. The van der Waals surface area contributed by atoms with Crippen LogP contribution in [-0.2, 0) is 4.74 Å². The van der Waals surface area contributed by atoms with Crippen molar-refractivity contribution in [2.24, 2.45) is 0 Å². The van der Waals surface area contributed by atoms with E-state index in [4.69, 9.17) is 20.9 Å². The Morgan fingerprint density at radius 1 is 1.19 bits per heavy atom. The summed E-state index contributed by atoms with van der Waals surface area (Å²) in [6.45, 7) is 0. The van der Waals surface area contributed by atoms with E-state index in [0.29, 0.717) is 40.4 Å². The van der Waals surface area contributed by atoms with Crippen LogP contribution in [0, 0.1) is 0 Å². The summed E-state index contributed by atoms with van der Waals surface area (Å²) in [5.74, 6) is 1.30. The second kappa shape index (κ2) is 7.59. The maximum absolute atomic E-state index is 11.5. The number of aliphatic hydroxyl groups is 2. The van der Waals surface area contributed by atoms with Crippen LogP contribution in [0.1, 0.15) is 19.1 Å². The van der Waals surface area contributed by atoms with Crippen LogP contribution < -0.4 is 16.2 Å². The Kier molecular flexibility index (Phi) is 4.85. The quantitative estimate of drug-likeness (QED) is 0.365. The number of nitrogens with two attached hydrogens (primary N) is 2. The monoisotopic (exact) mass is 436 g/mol. The second-order valence-corrected chi connectivity index (χ2v) is 8.03. The third-order valence-corrected chi connectivity index (χ3v) is 6.14. The Morgan fingerprint density at radius 2 is 2.00 bits per heavy atom. The van der Waals surface area contributed by atoms with Crippen LogP contribution in [0.3, 0.4) is 0 Å². The lowest BCUT2D eigenvalue weighted by Crippen LogP contribution is -2.50. The summed E-state index contributed by atoms with van der Waals surface area (Å²) in [6, 6.07) is 10.9. The topological polar surface area (TPSA) is 155 Å². The fourth-order valence-electron chi connectivity index (χ4n) is 4.53. The molecule has 0 aliphatic heterocycles. The van der Waals surface area contributed by atoms with Gasteiger partial charge in [0, 0.05) is 24.8 Å². The number of aliphatic hydroxyl groups excluding tert-OH is 1. The molecule has 0 bridgehead atoms. The van der Waals surface area contributed by atoms with Gasteiger partial charge in [0.2, 0.25) is 0 Å². The minimum Gasteiger partial charge on any atom is -0.488 e. The summed E-state index contributed by atoms with van der Waals surface area (Å²) in [7, 11) is 1.49. The lowest BCUT2D eigenvalue weighted by Gasteiger charge is -2.36. The Balaban J connectivity index is 1.43. The first-order valence-electron chi connectivity index (χ1n) is 10.2. The van der Waals surface area contributed by atoms with Gasteiger partial charge in [-0.1, -0.05) is 0 Å². The highest BCUT2D eigenvalue weighted by molar-refractivity contribution is 5.86. The maximum Gasteiger partial charge on any atom is 0.163 e. The molecule has 1 aliphatic carbocycles. The van der Waals surface area contributed by atoms with Crippen molar-refractivity contribution in [3.8, 4) is 5.75 Å². The van der Waals surface area contributed by atoms with E-state index in [1.54, 1.807) is 24.4 Å². The van der Waals surface area contributed by atoms with Gasteiger partial charge in [-0.05, 0) is 43.2 Å². The van der Waals surface area contributed by atoms with Crippen LogP contribution in [0.25, 0.3) is 21.9 Å². The number of hydrogen-bond acceptors (Lipinski definition) is 9. The summed E-state index contributed by atoms with van der Waals surface area (Å²) in [4.78, 5) is 12.5. The molecule has 1 aromatic carbocycles. The molecule has 166 valence electrons. The number of anilines is 2. The molecule has 1 fully saturated rings. The van der Waals surface area contributed by atoms with E-state index >= 15 is 0 Å². The first kappa shape index (κ1) is 20.4. The second-order valence-electron chi connectivity index (χ2n) is 8.03. The smallest absolute Gasteiger partial charge is 0.163 e. The van der Waals surface area contributed by atoms with Gasteiger partial charge in [0.25, 0.3) is 0 Å². The molecule has 32 heavy (non-hydrogen) atoms. The van der Waals surface area contributed by atoms with Gasteiger partial charge in [0.05, 0.1) is 10.9 Å². The Bertz CT molecular complexity index is 1290. The van der Waals surface area contributed by atoms with Gasteiger partial charge < -0.3 is 35.7 Å². The number of methoxy groups -OCH3 is 1. The minimum atomic E-state index is -1.61. The average Bonchev–Trinajstić information content (AvgIpc) is 3.35. The first-order chi connectivity index (χ1) is 15.4. The molecular weight excluding hydrogens is 412 g/mol. The summed E-state index contributed by atoms with van der Waals surface area (Å²) in [5.41, 5.74) is 11.2. The summed E-state index contributed by atoms with van der Waals surface area (Å²) >= 11 is 0. The zero-order chi connectivity index (χ0) is 22.5. The molecule has 1 saturated carbocycles. The van der Waals surface area contributed by atoms with Gasteiger partial charge in [0.15, 0.2) is 6.23 Å². The Morgan fingerprint density at radius 3 is 2.81 bits per heavy atom. The van der Waals surface area contributed by atoms with Crippen LogP contribution in [0.2, 0.25) is 0 Å². The SMILES string of the molecule is CO[C@@H]1[C@@H](Oc2ccc3ccc(N)nc3c2)CC[C@]1(O)[C@@H](O)n1ccc2c(N)ncnc21. The summed E-state index contributed by atoms with van der Waals surface area (Å²) < 4.78 is 13.3. The van der Waals surface area contributed by atoms with Crippen LogP contribution in [0.4, 0.5) is 11.6 Å². The molecule has 4 aromatic rings. The number of rotatable bonds is 5. The number of ether oxygens (including phenoxy) is 2. The standard InChI is InChI=1S/C22H24N6O4/c1-31-18-16(32-13-4-2-12-3-5-17(23)27-15(12)10-13)6-8-22(18,30)21(29)28-9-7-14-19(24)25-11-26-20(14)28/h2-5,7,9-11,16,18,21,29-30H,6,8H2,1H3,(H2,23,27)(H2,24,25,26)/t16-,18+,21+,22+/m0/s1. The predicted molar refractivity (Wildman–Crippen MR) is 119 cm³/mol. The third kappa shape index (κ3) is 3.20. The molecule has 3 aromatic heterocycles. The van der Waals surface area contributed by atoms with E-state index < -0.39 is 24.0 Å². The number of benzene rings is 1. The highest BCUT2D eigenvalue weighted by Gasteiger charge is 2.54. The van der Waals surface area contributed by atoms with Crippen molar-refractivity contribution in [2.75, 3.05) is 18.6 Å². The molecule has 1 aliphatic rings. The number of hydrogen-bond donors (Lipinski definition) is 4. The lowest BCUT2D eigenvalue weighted by atomic mass is 9.96. The van der Waals surface area contributed by atoms with Crippen LogP contribution in [0.15, 0.2) is 48.9 Å². The molecule has 10 nitrogen and oxygen atoms in total. The van der Waals surface area contributed by atoms with Gasteiger partial charge in [-0.15, -0.1) is 0 Å². The summed E-state index contributed by atoms with van der Waals surface area (Å²) in [5, 5.41) is 24.2. The minimum absolute atomic E-state index is 0.260. The zero-order valence-electron chi connectivity index (χ0n) is 17.4. The van der Waals surface area contributed by atoms with Gasteiger partial charge in [-0.3, -0.25) is 0 Å². The van der Waals surface area contributed by atoms with Crippen molar-refractivity contribution in [1.82, 2.24) is 19.5 Å². The molecule has 0 radical (unpaired) electrons. The molecule has 0 unspecified atom stereocenters. The summed E-state index contributed by atoms with van der Waals surface area (Å²) in [6.07, 6.45) is 1.07. The highest BCUT2D eigenvalue weighted by atomic mass is 16.6. The van der Waals surface area contributed by atoms with E-state index in [1.165, 1.54) is 18.0 Å². The molecular formula is C22H24N6O4. The molecule has 0 amide bonds. The molecule has 10 heteroatoms. The van der Waals surface area contributed by atoms with Crippen molar-refractivity contribution < 1.29 is 19.7 Å². The molecule has 5 rings (SSSR count). The van der Waals surface area contributed by atoms with Crippen molar-refractivity contribution in [1.29, 1.82) is 0 Å². The van der Waals surface area contributed by atoms with Crippen molar-refractivity contribution >= 4 is 33.6 Å². The lowest BCUT2D eigenvalue weighted by molar-refractivity contribution is -0.179. The third-order valence-electron chi connectivity index (χ3n) is 6.14. The molecule has 6 N–H and O–H groups in total. The van der Waals surface area contributed by atoms with Crippen LogP contribution >= 0.6 is 0 Å². The normalized spacial score (nSPS) is 24.2. The fraction of sp³-hybridized carbons (Fsp3) is 0.318. The number of aromatic nitrogens is 4. The average molecular weight is 436 g/mol. The molecule has 4 atom stereocenters. The van der Waals surface area contributed by atoms with E-state index in [2.05, 4.69) is 15.0 Å². The van der Waals surface area contributed by atoms with Gasteiger partial charge in [-0.2, -0.15) is 0 Å². The maximum atomic E-state index is 11.5. The number of pyridine rings is 1. The van der Waals surface area contributed by atoms with Gasteiger partial charge >= 0.3 is 0 Å². The predicted octanol–water partition coefficient (Wildman–Crippen LogP) is 1.62.